The highest BCUT2D eigenvalue weighted by Crippen LogP contribution is 2.28. The van der Waals surface area contributed by atoms with Gasteiger partial charge in [-0.3, -0.25) is 14.3 Å². The van der Waals surface area contributed by atoms with E-state index in [0.717, 1.165) is 31.5 Å². The van der Waals surface area contributed by atoms with Gasteiger partial charge in [-0.2, -0.15) is 5.10 Å². The molecule has 0 bridgehead atoms. The largest absolute Gasteiger partial charge is 0.355 e. The van der Waals surface area contributed by atoms with E-state index in [4.69, 9.17) is 0 Å². The molecular weight excluding hydrogens is 328 g/mol. The van der Waals surface area contributed by atoms with Gasteiger partial charge in [0.25, 0.3) is 0 Å². The fourth-order valence-corrected chi connectivity index (χ4v) is 4.51. The fraction of sp³-hybridized carbons (Fsp3) is 0.750. The van der Waals surface area contributed by atoms with Gasteiger partial charge in [0.05, 0.1) is 11.6 Å². The lowest BCUT2D eigenvalue weighted by atomic mass is 9.94. The Hall–Kier alpha value is -1.85. The van der Waals surface area contributed by atoms with E-state index in [1.54, 1.807) is 0 Å². The Morgan fingerprint density at radius 3 is 2.62 bits per heavy atom. The molecule has 144 valence electrons. The maximum atomic E-state index is 12.6. The number of carbonyl (C=O) groups is 2. The summed E-state index contributed by atoms with van der Waals surface area (Å²) in [5.74, 6) is 0.270. The van der Waals surface area contributed by atoms with E-state index in [9.17, 15) is 9.59 Å². The number of piperidine rings is 1. The summed E-state index contributed by atoms with van der Waals surface area (Å²) in [6.45, 7) is 8.30. The van der Waals surface area contributed by atoms with Crippen LogP contribution in [0.5, 0.6) is 0 Å². The summed E-state index contributed by atoms with van der Waals surface area (Å²) in [7, 11) is 0. The molecule has 1 aliphatic heterocycles. The first kappa shape index (κ1) is 18.9. The molecule has 26 heavy (non-hydrogen) atoms. The molecule has 3 rings (SSSR count). The maximum absolute atomic E-state index is 12.6. The molecule has 1 saturated heterocycles. The number of aryl methyl sites for hydroxylation is 2. The molecule has 2 amide bonds. The van der Waals surface area contributed by atoms with Crippen molar-refractivity contribution in [1.29, 1.82) is 0 Å². The van der Waals surface area contributed by atoms with Crippen LogP contribution in [0.25, 0.3) is 0 Å². The lowest BCUT2D eigenvalue weighted by Gasteiger charge is -2.36. The van der Waals surface area contributed by atoms with Gasteiger partial charge in [-0.25, -0.2) is 0 Å². The topological polar surface area (TPSA) is 67.2 Å². The quantitative estimate of drug-likeness (QED) is 0.847. The smallest absolute Gasteiger partial charge is 0.224 e. The van der Waals surface area contributed by atoms with Crippen LogP contribution < -0.4 is 5.32 Å². The Morgan fingerprint density at radius 1 is 1.23 bits per heavy atom. The van der Waals surface area contributed by atoms with Crippen LogP contribution in [0.15, 0.2) is 0 Å². The van der Waals surface area contributed by atoms with Gasteiger partial charge >= 0.3 is 0 Å². The van der Waals surface area contributed by atoms with Crippen molar-refractivity contribution in [2.45, 2.75) is 78.3 Å². The second-order valence-corrected chi connectivity index (χ2v) is 7.73. The number of hydrogen-bond donors (Lipinski definition) is 1. The molecule has 1 aliphatic carbocycles. The summed E-state index contributed by atoms with van der Waals surface area (Å²) in [6.07, 6.45) is 6.60. The van der Waals surface area contributed by atoms with Crippen molar-refractivity contribution in [1.82, 2.24) is 20.0 Å². The first-order valence-corrected chi connectivity index (χ1v) is 10.1. The minimum atomic E-state index is -0.0612. The van der Waals surface area contributed by atoms with Crippen LogP contribution in [0.2, 0.25) is 0 Å². The Balaban J connectivity index is 1.52. The van der Waals surface area contributed by atoms with E-state index in [-0.39, 0.29) is 17.7 Å². The van der Waals surface area contributed by atoms with E-state index < -0.39 is 0 Å². The lowest BCUT2D eigenvalue weighted by molar-refractivity contribution is -0.140. The molecule has 2 aliphatic rings. The molecule has 6 nitrogen and oxygen atoms in total. The highest BCUT2D eigenvalue weighted by Gasteiger charge is 2.35. The molecule has 2 fully saturated rings. The van der Waals surface area contributed by atoms with Crippen molar-refractivity contribution in [3.05, 3.63) is 17.0 Å². The summed E-state index contributed by atoms with van der Waals surface area (Å²) in [4.78, 5) is 26.8. The summed E-state index contributed by atoms with van der Waals surface area (Å²) < 4.78 is 2.01. The van der Waals surface area contributed by atoms with Gasteiger partial charge in [0.1, 0.15) is 0 Å². The third-order valence-corrected chi connectivity index (χ3v) is 6.09. The van der Waals surface area contributed by atoms with E-state index in [2.05, 4.69) is 24.3 Å². The summed E-state index contributed by atoms with van der Waals surface area (Å²) >= 11 is 0. The molecule has 0 unspecified atom stereocenters. The Morgan fingerprint density at radius 2 is 1.96 bits per heavy atom. The van der Waals surface area contributed by atoms with Gasteiger partial charge in [-0.15, -0.1) is 0 Å². The predicted molar refractivity (Wildman–Crippen MR) is 101 cm³/mol. The van der Waals surface area contributed by atoms with Crippen LogP contribution in [0.3, 0.4) is 0 Å². The molecular formula is C20H32N4O2. The van der Waals surface area contributed by atoms with Gasteiger partial charge in [0.15, 0.2) is 0 Å². The molecule has 0 radical (unpaired) electrons. The summed E-state index contributed by atoms with van der Waals surface area (Å²) in [6, 6.07) is 0.364. The third kappa shape index (κ3) is 3.94. The fourth-order valence-electron chi connectivity index (χ4n) is 4.51. The minimum absolute atomic E-state index is 0.0612. The van der Waals surface area contributed by atoms with E-state index in [1.165, 1.54) is 24.1 Å². The molecule has 1 saturated carbocycles. The van der Waals surface area contributed by atoms with Crippen LogP contribution in [-0.2, 0) is 22.6 Å². The SMILES string of the molecule is CCn1nc(C)c(CCNC(=O)[C@@H]2CCC(=O)N(C3CCCC3)C2)c1C. The molecule has 6 heteroatoms. The molecule has 1 N–H and O–H groups in total. The third-order valence-electron chi connectivity index (χ3n) is 6.09. The van der Waals surface area contributed by atoms with Crippen molar-refractivity contribution in [2.75, 3.05) is 13.1 Å². The molecule has 0 aromatic carbocycles. The number of amides is 2. The second-order valence-electron chi connectivity index (χ2n) is 7.73. The number of likely N-dealkylation sites (tertiary alicyclic amines) is 1. The molecule has 2 heterocycles. The number of nitrogens with one attached hydrogen (secondary N) is 1. The van der Waals surface area contributed by atoms with E-state index in [1.807, 2.05) is 16.5 Å². The van der Waals surface area contributed by atoms with E-state index >= 15 is 0 Å². The molecule has 1 aromatic heterocycles. The zero-order valence-electron chi connectivity index (χ0n) is 16.4. The van der Waals surface area contributed by atoms with Crippen LogP contribution in [-0.4, -0.2) is 45.6 Å². The van der Waals surface area contributed by atoms with Crippen LogP contribution in [0.1, 0.15) is 62.4 Å². The molecule has 0 spiro atoms. The van der Waals surface area contributed by atoms with Crippen LogP contribution in [0.4, 0.5) is 0 Å². The highest BCUT2D eigenvalue weighted by molar-refractivity contribution is 5.84. The highest BCUT2D eigenvalue weighted by atomic mass is 16.2. The van der Waals surface area contributed by atoms with Gasteiger partial charge in [-0.05, 0) is 52.0 Å². The number of nitrogens with zero attached hydrogens (tertiary/aromatic N) is 3. The maximum Gasteiger partial charge on any atom is 0.224 e. The minimum Gasteiger partial charge on any atom is -0.355 e. The van der Waals surface area contributed by atoms with Crippen molar-refractivity contribution < 1.29 is 9.59 Å². The number of carbonyl (C=O) groups excluding carboxylic acids is 2. The normalized spacial score (nSPS) is 21.4. The lowest BCUT2D eigenvalue weighted by Crippen LogP contribution is -2.49. The van der Waals surface area contributed by atoms with Crippen LogP contribution in [0, 0.1) is 19.8 Å². The average Bonchev–Trinajstić information content (AvgIpc) is 3.25. The van der Waals surface area contributed by atoms with Gasteiger partial charge in [-0.1, -0.05) is 12.8 Å². The van der Waals surface area contributed by atoms with Crippen LogP contribution >= 0.6 is 0 Å². The summed E-state index contributed by atoms with van der Waals surface area (Å²) in [5, 5.41) is 7.63. The molecule has 1 atom stereocenters. The van der Waals surface area contributed by atoms with Gasteiger partial charge < -0.3 is 10.2 Å². The first-order valence-electron chi connectivity index (χ1n) is 10.1. The zero-order chi connectivity index (χ0) is 18.7. The monoisotopic (exact) mass is 360 g/mol. The van der Waals surface area contributed by atoms with Crippen molar-refractivity contribution in [3.8, 4) is 0 Å². The number of aromatic nitrogens is 2. The second kappa shape index (κ2) is 8.23. The van der Waals surface area contributed by atoms with Gasteiger partial charge in [0, 0.05) is 37.8 Å². The first-order chi connectivity index (χ1) is 12.5. The Bertz CT molecular complexity index is 661. The van der Waals surface area contributed by atoms with E-state index in [0.29, 0.717) is 32.0 Å². The number of hydrogen-bond acceptors (Lipinski definition) is 3. The predicted octanol–water partition coefficient (Wildman–Crippen LogP) is 2.36. The van der Waals surface area contributed by atoms with Crippen molar-refractivity contribution in [3.63, 3.8) is 0 Å². The number of rotatable bonds is 6. The average molecular weight is 361 g/mol. The molecule has 1 aromatic rings. The Labute approximate surface area is 156 Å². The standard InChI is InChI=1S/C20H32N4O2/c1-4-24-15(3)18(14(2)22-24)11-12-21-20(26)16-9-10-19(25)23(13-16)17-7-5-6-8-17/h16-17H,4-13H2,1-3H3,(H,21,26)/t16-/m1/s1. The summed E-state index contributed by atoms with van der Waals surface area (Å²) in [5.41, 5.74) is 3.47. The zero-order valence-corrected chi connectivity index (χ0v) is 16.4. The van der Waals surface area contributed by atoms with Gasteiger partial charge in [0.2, 0.25) is 11.8 Å². The van der Waals surface area contributed by atoms with Crippen molar-refractivity contribution >= 4 is 11.8 Å². The Kier molecular flexibility index (Phi) is 5.99. The van der Waals surface area contributed by atoms with Crippen molar-refractivity contribution in [2.24, 2.45) is 5.92 Å².